The third kappa shape index (κ3) is 4.24. The van der Waals surface area contributed by atoms with Crippen molar-refractivity contribution in [3.8, 4) is 0 Å². The van der Waals surface area contributed by atoms with Gasteiger partial charge in [0.25, 0.3) is 0 Å². The van der Waals surface area contributed by atoms with E-state index in [1.54, 1.807) is 0 Å². The lowest BCUT2D eigenvalue weighted by Crippen LogP contribution is -2.38. The number of benzene rings is 1. The molecule has 1 atom stereocenters. The Balaban J connectivity index is 2.69. The van der Waals surface area contributed by atoms with Gasteiger partial charge in [-0.3, -0.25) is 4.79 Å². The zero-order chi connectivity index (χ0) is 13.9. The molecule has 1 rings (SSSR count). The number of hydrogen-bond donors (Lipinski definition) is 2. The Morgan fingerprint density at radius 3 is 2.61 bits per heavy atom. The van der Waals surface area contributed by atoms with Crippen LogP contribution in [0.4, 0.5) is 5.69 Å². The van der Waals surface area contributed by atoms with Crippen LogP contribution in [0.1, 0.15) is 32.8 Å². The van der Waals surface area contributed by atoms with Crippen LogP contribution in [0.25, 0.3) is 0 Å². The monoisotopic (exact) mass is 360 g/mol. The molecule has 100 valence electrons. The minimum atomic E-state index is -0.138. The van der Waals surface area contributed by atoms with Gasteiger partial charge in [-0.2, -0.15) is 0 Å². The molecular formula is C14H21IN2O. The predicted molar refractivity (Wildman–Crippen MR) is 84.6 cm³/mol. The molecule has 0 aliphatic heterocycles. The van der Waals surface area contributed by atoms with Gasteiger partial charge in [-0.25, -0.2) is 0 Å². The second-order valence-corrected chi connectivity index (χ2v) is 6.80. The van der Waals surface area contributed by atoms with Crippen molar-refractivity contribution in [3.05, 3.63) is 27.3 Å². The van der Waals surface area contributed by atoms with Crippen LogP contribution in [-0.4, -0.2) is 11.9 Å². The molecule has 1 aromatic carbocycles. The Labute approximate surface area is 123 Å². The Morgan fingerprint density at radius 1 is 1.44 bits per heavy atom. The molecule has 0 heterocycles. The fourth-order valence-electron chi connectivity index (χ4n) is 1.45. The molecule has 0 radical (unpaired) electrons. The van der Waals surface area contributed by atoms with Crippen LogP contribution in [0.3, 0.4) is 0 Å². The third-order valence-electron chi connectivity index (χ3n) is 3.06. The second kappa shape index (κ2) is 6.02. The van der Waals surface area contributed by atoms with Crippen LogP contribution in [0.15, 0.2) is 18.2 Å². The number of rotatable bonds is 3. The van der Waals surface area contributed by atoms with Crippen molar-refractivity contribution in [2.75, 3.05) is 5.32 Å². The number of nitrogens with two attached hydrogens (primary N) is 1. The maximum Gasteiger partial charge on any atom is 0.225 e. The topological polar surface area (TPSA) is 55.1 Å². The lowest BCUT2D eigenvalue weighted by atomic mass is 9.85. The van der Waals surface area contributed by atoms with Gasteiger partial charge in [0.15, 0.2) is 0 Å². The Bertz CT molecular complexity index is 438. The zero-order valence-electron chi connectivity index (χ0n) is 11.4. The van der Waals surface area contributed by atoms with Crippen molar-refractivity contribution in [1.29, 1.82) is 0 Å². The van der Waals surface area contributed by atoms with E-state index >= 15 is 0 Å². The van der Waals surface area contributed by atoms with Crippen LogP contribution < -0.4 is 11.1 Å². The summed E-state index contributed by atoms with van der Waals surface area (Å²) in [5.74, 6) is -0.0254. The molecule has 18 heavy (non-hydrogen) atoms. The highest BCUT2D eigenvalue weighted by molar-refractivity contribution is 14.1. The van der Waals surface area contributed by atoms with E-state index in [1.807, 2.05) is 45.9 Å². The lowest BCUT2D eigenvalue weighted by molar-refractivity contribution is -0.117. The molecule has 0 saturated carbocycles. The highest BCUT2D eigenvalue weighted by Crippen LogP contribution is 2.22. The number of anilines is 1. The lowest BCUT2D eigenvalue weighted by Gasteiger charge is -2.26. The van der Waals surface area contributed by atoms with Crippen LogP contribution in [0.2, 0.25) is 0 Å². The summed E-state index contributed by atoms with van der Waals surface area (Å²) in [4.78, 5) is 11.9. The second-order valence-electron chi connectivity index (χ2n) is 5.64. The average Bonchev–Trinajstić information content (AvgIpc) is 2.23. The summed E-state index contributed by atoms with van der Waals surface area (Å²) in [5, 5.41) is 2.93. The number of halogens is 1. The number of nitrogens with one attached hydrogen (secondary N) is 1. The van der Waals surface area contributed by atoms with Gasteiger partial charge in [0.1, 0.15) is 0 Å². The van der Waals surface area contributed by atoms with E-state index in [9.17, 15) is 4.79 Å². The molecule has 0 aliphatic rings. The fraction of sp³-hybridized carbons (Fsp3) is 0.500. The van der Waals surface area contributed by atoms with E-state index in [1.165, 1.54) is 0 Å². The molecule has 0 aliphatic carbocycles. The van der Waals surface area contributed by atoms with Crippen LogP contribution in [-0.2, 0) is 4.79 Å². The molecule has 1 unspecified atom stereocenters. The molecule has 0 saturated heterocycles. The van der Waals surface area contributed by atoms with Crippen LogP contribution in [0, 0.1) is 15.9 Å². The van der Waals surface area contributed by atoms with Gasteiger partial charge in [-0.15, -0.1) is 0 Å². The summed E-state index contributed by atoms with van der Waals surface area (Å²) in [7, 11) is 0. The first-order valence-corrected chi connectivity index (χ1v) is 7.10. The standard InChI is InChI=1S/C14H21IN2O/c1-9-10(15)6-5-7-11(9)17-13(18)8-12(16)14(2,3)4/h5-7,12H,8,16H2,1-4H3,(H,17,18). The molecule has 3 nitrogen and oxygen atoms in total. The molecule has 3 N–H and O–H groups in total. The summed E-state index contributed by atoms with van der Waals surface area (Å²) >= 11 is 2.26. The summed E-state index contributed by atoms with van der Waals surface area (Å²) in [6.07, 6.45) is 0.342. The molecule has 0 aromatic heterocycles. The Kier molecular flexibility index (Phi) is 5.16. The summed E-state index contributed by atoms with van der Waals surface area (Å²) in [6.45, 7) is 8.13. The Hall–Kier alpha value is -0.620. The Morgan fingerprint density at radius 2 is 2.06 bits per heavy atom. The number of hydrogen-bond acceptors (Lipinski definition) is 2. The average molecular weight is 360 g/mol. The summed E-state index contributed by atoms with van der Waals surface area (Å²) in [6, 6.07) is 5.74. The van der Waals surface area contributed by atoms with E-state index in [0.29, 0.717) is 6.42 Å². The van der Waals surface area contributed by atoms with Gasteiger partial charge < -0.3 is 11.1 Å². The van der Waals surface area contributed by atoms with Crippen molar-refractivity contribution in [2.24, 2.45) is 11.1 Å². The van der Waals surface area contributed by atoms with Crippen molar-refractivity contribution >= 4 is 34.2 Å². The SMILES string of the molecule is Cc1c(I)cccc1NC(=O)CC(N)C(C)(C)C. The first-order chi connectivity index (χ1) is 8.21. The van der Waals surface area contributed by atoms with Gasteiger partial charge in [0, 0.05) is 21.7 Å². The normalized spacial score (nSPS) is 13.2. The van der Waals surface area contributed by atoms with E-state index in [-0.39, 0.29) is 17.4 Å². The minimum absolute atomic E-state index is 0.0254. The highest BCUT2D eigenvalue weighted by Gasteiger charge is 2.23. The molecule has 0 spiro atoms. The number of carbonyl (C=O) groups is 1. The molecule has 0 fully saturated rings. The zero-order valence-corrected chi connectivity index (χ0v) is 13.5. The highest BCUT2D eigenvalue weighted by atomic mass is 127. The summed E-state index contributed by atoms with van der Waals surface area (Å²) in [5.41, 5.74) is 7.91. The quantitative estimate of drug-likeness (QED) is 0.813. The van der Waals surface area contributed by atoms with Gasteiger partial charge in [-0.1, -0.05) is 26.8 Å². The van der Waals surface area contributed by atoms with E-state index in [0.717, 1.165) is 14.8 Å². The number of carbonyl (C=O) groups excluding carboxylic acids is 1. The maximum absolute atomic E-state index is 11.9. The maximum atomic E-state index is 11.9. The molecule has 1 aromatic rings. The smallest absolute Gasteiger partial charge is 0.225 e. The first-order valence-electron chi connectivity index (χ1n) is 6.02. The third-order valence-corrected chi connectivity index (χ3v) is 4.23. The predicted octanol–water partition coefficient (Wildman–Crippen LogP) is 3.30. The molecular weight excluding hydrogens is 339 g/mol. The van der Waals surface area contributed by atoms with Gasteiger partial charge >= 0.3 is 0 Å². The molecule has 0 bridgehead atoms. The number of amides is 1. The van der Waals surface area contributed by atoms with Crippen LogP contribution >= 0.6 is 22.6 Å². The van der Waals surface area contributed by atoms with Crippen LogP contribution in [0.5, 0.6) is 0 Å². The van der Waals surface area contributed by atoms with Gasteiger partial charge in [-0.05, 0) is 52.6 Å². The van der Waals surface area contributed by atoms with E-state index < -0.39 is 0 Å². The van der Waals surface area contributed by atoms with Gasteiger partial charge in [0.2, 0.25) is 5.91 Å². The van der Waals surface area contributed by atoms with Crippen molar-refractivity contribution < 1.29 is 4.79 Å². The van der Waals surface area contributed by atoms with E-state index in [4.69, 9.17) is 5.73 Å². The minimum Gasteiger partial charge on any atom is -0.327 e. The molecule has 4 heteroatoms. The van der Waals surface area contributed by atoms with Gasteiger partial charge in [0.05, 0.1) is 0 Å². The van der Waals surface area contributed by atoms with E-state index in [2.05, 4.69) is 27.9 Å². The van der Waals surface area contributed by atoms with Crippen molar-refractivity contribution in [1.82, 2.24) is 0 Å². The molecule has 1 amide bonds. The first kappa shape index (κ1) is 15.4. The largest absolute Gasteiger partial charge is 0.327 e. The fourth-order valence-corrected chi connectivity index (χ4v) is 1.95. The van der Waals surface area contributed by atoms with Crippen molar-refractivity contribution in [3.63, 3.8) is 0 Å². The van der Waals surface area contributed by atoms with Crippen molar-refractivity contribution in [2.45, 2.75) is 40.2 Å². The summed E-state index contributed by atoms with van der Waals surface area (Å²) < 4.78 is 1.14.